The third kappa shape index (κ3) is 6.61. The van der Waals surface area contributed by atoms with Gasteiger partial charge < -0.3 is 21.5 Å². The number of alkyl halides is 3. The van der Waals surface area contributed by atoms with Crippen LogP contribution in [0.4, 0.5) is 30.4 Å². The van der Waals surface area contributed by atoms with E-state index in [0.717, 1.165) is 44.1 Å². The zero-order chi connectivity index (χ0) is 29.0. The summed E-state index contributed by atoms with van der Waals surface area (Å²) < 4.78 is 45.5. The van der Waals surface area contributed by atoms with E-state index in [2.05, 4.69) is 37.3 Å². The number of halogens is 3. The standard InChI is InChI=1S/C29H29F3N8O/c1-2-22(36-25-16-35-10-9-20(25)24-15-26(34)39-28(38-24)29(30,31)32)27-21(33)7-8-23(37-27)19-5-3-18(4-6-19)17-40-11-13-41-14-12-40/h2-10,15-16,36H,11-14,17,33H2,1H3,(H2,34,38,39). The number of hydrogen-bond acceptors (Lipinski definition) is 9. The molecule has 0 radical (unpaired) electrons. The van der Waals surface area contributed by atoms with E-state index < -0.39 is 12.0 Å². The summed E-state index contributed by atoms with van der Waals surface area (Å²) in [7, 11) is 0. The van der Waals surface area contributed by atoms with E-state index >= 15 is 0 Å². The van der Waals surface area contributed by atoms with E-state index in [1.807, 2.05) is 18.2 Å². The monoisotopic (exact) mass is 562 g/mol. The van der Waals surface area contributed by atoms with Gasteiger partial charge >= 0.3 is 6.18 Å². The van der Waals surface area contributed by atoms with Gasteiger partial charge in [-0.2, -0.15) is 13.2 Å². The van der Waals surface area contributed by atoms with Crippen molar-refractivity contribution in [3.63, 3.8) is 0 Å². The number of benzene rings is 1. The van der Waals surface area contributed by atoms with E-state index in [0.29, 0.717) is 28.3 Å². The van der Waals surface area contributed by atoms with Gasteiger partial charge in [-0.25, -0.2) is 15.0 Å². The summed E-state index contributed by atoms with van der Waals surface area (Å²) in [6.07, 6.45) is -0.0338. The molecule has 1 fully saturated rings. The Labute approximate surface area is 235 Å². The molecule has 3 aromatic heterocycles. The molecule has 0 spiro atoms. The van der Waals surface area contributed by atoms with Crippen molar-refractivity contribution in [2.24, 2.45) is 0 Å². The molecule has 41 heavy (non-hydrogen) atoms. The minimum Gasteiger partial charge on any atom is -0.397 e. The maximum absolute atomic E-state index is 13.4. The lowest BCUT2D eigenvalue weighted by atomic mass is 10.1. The van der Waals surface area contributed by atoms with Crippen molar-refractivity contribution >= 4 is 22.9 Å². The Morgan fingerprint density at radius 1 is 1.00 bits per heavy atom. The number of nitrogen functional groups attached to an aromatic ring is 2. The van der Waals surface area contributed by atoms with Crippen LogP contribution in [0.5, 0.6) is 0 Å². The van der Waals surface area contributed by atoms with E-state index in [1.54, 1.807) is 25.1 Å². The molecule has 1 saturated heterocycles. The van der Waals surface area contributed by atoms with Crippen molar-refractivity contribution in [1.82, 2.24) is 24.8 Å². The molecule has 1 aliphatic rings. The molecule has 0 unspecified atom stereocenters. The third-order valence-corrected chi connectivity index (χ3v) is 6.60. The second kappa shape index (κ2) is 11.9. The van der Waals surface area contributed by atoms with E-state index in [-0.39, 0.29) is 11.5 Å². The zero-order valence-corrected chi connectivity index (χ0v) is 22.3. The first-order chi connectivity index (χ1) is 19.7. The SMILES string of the molecule is CC=C(Nc1cnccc1-c1cc(N)nc(C(F)(F)F)n1)c1nc(-c2ccc(CN3CCOCC3)cc2)ccc1N. The first-order valence-corrected chi connectivity index (χ1v) is 13.0. The maximum Gasteiger partial charge on any atom is 0.451 e. The Kier molecular flexibility index (Phi) is 8.13. The fourth-order valence-electron chi connectivity index (χ4n) is 4.51. The van der Waals surface area contributed by atoms with Gasteiger partial charge in [0, 0.05) is 43.0 Å². The largest absolute Gasteiger partial charge is 0.451 e. The van der Waals surface area contributed by atoms with Crippen LogP contribution in [0.2, 0.25) is 0 Å². The number of nitrogens with zero attached hydrogens (tertiary/aromatic N) is 5. The Balaban J connectivity index is 1.41. The average molecular weight is 563 g/mol. The summed E-state index contributed by atoms with van der Waals surface area (Å²) in [5.41, 5.74) is 17.0. The van der Waals surface area contributed by atoms with Crippen LogP contribution < -0.4 is 16.8 Å². The van der Waals surface area contributed by atoms with Crippen LogP contribution in [0.3, 0.4) is 0 Å². The highest BCUT2D eigenvalue weighted by Gasteiger charge is 2.35. The first-order valence-electron chi connectivity index (χ1n) is 13.0. The summed E-state index contributed by atoms with van der Waals surface area (Å²) in [4.78, 5) is 18.3. The number of ether oxygens (including phenoxy) is 1. The summed E-state index contributed by atoms with van der Waals surface area (Å²) in [5.74, 6) is -1.62. The molecule has 0 amide bonds. The molecular formula is C29H29F3N8O. The molecule has 1 aromatic carbocycles. The zero-order valence-electron chi connectivity index (χ0n) is 22.3. The predicted molar refractivity (Wildman–Crippen MR) is 152 cm³/mol. The van der Waals surface area contributed by atoms with Crippen LogP contribution in [-0.2, 0) is 17.5 Å². The number of morpholine rings is 1. The van der Waals surface area contributed by atoms with Crippen LogP contribution >= 0.6 is 0 Å². The molecule has 12 heteroatoms. The molecule has 5 rings (SSSR count). The number of anilines is 3. The molecule has 0 bridgehead atoms. The molecule has 4 heterocycles. The fourth-order valence-corrected chi connectivity index (χ4v) is 4.51. The summed E-state index contributed by atoms with van der Waals surface area (Å²) in [6, 6.07) is 14.7. The van der Waals surface area contributed by atoms with Crippen molar-refractivity contribution < 1.29 is 17.9 Å². The van der Waals surface area contributed by atoms with Gasteiger partial charge in [0.2, 0.25) is 5.82 Å². The number of nitrogens with one attached hydrogen (secondary N) is 1. The van der Waals surface area contributed by atoms with Crippen molar-refractivity contribution in [3.8, 4) is 22.5 Å². The van der Waals surface area contributed by atoms with E-state index in [9.17, 15) is 13.2 Å². The quantitative estimate of drug-likeness (QED) is 0.282. The summed E-state index contributed by atoms with van der Waals surface area (Å²) in [5, 5.41) is 3.22. The van der Waals surface area contributed by atoms with E-state index in [4.69, 9.17) is 21.2 Å². The van der Waals surface area contributed by atoms with Crippen LogP contribution in [0.15, 0.2) is 67.0 Å². The molecule has 212 valence electrons. The topological polar surface area (TPSA) is 128 Å². The minimum atomic E-state index is -4.75. The van der Waals surface area contributed by atoms with Gasteiger partial charge in [-0.15, -0.1) is 0 Å². The molecule has 5 N–H and O–H groups in total. The van der Waals surface area contributed by atoms with Gasteiger partial charge in [0.25, 0.3) is 0 Å². The Morgan fingerprint density at radius 3 is 2.46 bits per heavy atom. The lowest BCUT2D eigenvalue weighted by molar-refractivity contribution is -0.144. The molecule has 0 atom stereocenters. The average Bonchev–Trinajstić information content (AvgIpc) is 2.97. The van der Waals surface area contributed by atoms with Crippen molar-refractivity contribution in [2.45, 2.75) is 19.6 Å². The number of allylic oxidation sites excluding steroid dienone is 1. The summed E-state index contributed by atoms with van der Waals surface area (Å²) >= 11 is 0. The third-order valence-electron chi connectivity index (χ3n) is 6.60. The van der Waals surface area contributed by atoms with Gasteiger partial charge in [0.05, 0.1) is 47.9 Å². The highest BCUT2D eigenvalue weighted by molar-refractivity contribution is 5.87. The van der Waals surface area contributed by atoms with Crippen LogP contribution in [0.25, 0.3) is 28.2 Å². The molecule has 4 aromatic rings. The second-order valence-corrected chi connectivity index (χ2v) is 9.47. The van der Waals surface area contributed by atoms with Crippen molar-refractivity contribution in [3.05, 3.63) is 84.1 Å². The highest BCUT2D eigenvalue weighted by atomic mass is 19.4. The molecule has 0 saturated carbocycles. The van der Waals surface area contributed by atoms with Crippen LogP contribution in [0, 0.1) is 0 Å². The minimum absolute atomic E-state index is 0.00275. The van der Waals surface area contributed by atoms with Crippen molar-refractivity contribution in [1.29, 1.82) is 0 Å². The molecule has 9 nitrogen and oxygen atoms in total. The van der Waals surface area contributed by atoms with Gasteiger partial charge in [-0.05, 0) is 30.7 Å². The Bertz CT molecular complexity index is 1550. The van der Waals surface area contributed by atoms with Gasteiger partial charge in [-0.3, -0.25) is 9.88 Å². The Hall–Kier alpha value is -4.55. The number of nitrogens with two attached hydrogens (primary N) is 2. The first kappa shape index (κ1) is 28.0. The highest BCUT2D eigenvalue weighted by Crippen LogP contribution is 2.34. The van der Waals surface area contributed by atoms with Gasteiger partial charge in [0.15, 0.2) is 0 Å². The van der Waals surface area contributed by atoms with Crippen LogP contribution in [-0.4, -0.2) is 51.1 Å². The molecule has 1 aliphatic heterocycles. The number of hydrogen-bond donors (Lipinski definition) is 3. The van der Waals surface area contributed by atoms with Crippen molar-refractivity contribution in [2.75, 3.05) is 43.1 Å². The van der Waals surface area contributed by atoms with Gasteiger partial charge in [0.1, 0.15) is 11.5 Å². The molecule has 0 aliphatic carbocycles. The molecular weight excluding hydrogens is 533 g/mol. The summed E-state index contributed by atoms with van der Waals surface area (Å²) in [6.45, 7) is 5.98. The predicted octanol–water partition coefficient (Wildman–Crippen LogP) is 5.09. The lowest BCUT2D eigenvalue weighted by Gasteiger charge is -2.26. The smallest absolute Gasteiger partial charge is 0.397 e. The van der Waals surface area contributed by atoms with E-state index in [1.165, 1.54) is 24.0 Å². The fraction of sp³-hybridized carbons (Fsp3) is 0.241. The number of aromatic nitrogens is 4. The maximum atomic E-state index is 13.4. The Morgan fingerprint density at radius 2 is 1.76 bits per heavy atom. The normalized spacial score (nSPS) is 14.7. The second-order valence-electron chi connectivity index (χ2n) is 9.47. The van der Waals surface area contributed by atoms with Gasteiger partial charge in [-0.1, -0.05) is 30.3 Å². The number of rotatable bonds is 7. The van der Waals surface area contributed by atoms with Crippen LogP contribution in [0.1, 0.15) is 24.0 Å². The number of pyridine rings is 2. The lowest BCUT2D eigenvalue weighted by Crippen LogP contribution is -2.35.